The Kier molecular flexibility index (Phi) is 9.60. The van der Waals surface area contributed by atoms with Crippen LogP contribution in [-0.2, 0) is 36.1 Å². The molecule has 0 saturated carbocycles. The van der Waals surface area contributed by atoms with E-state index in [2.05, 4.69) is 4.98 Å². The molecule has 0 amide bonds. The van der Waals surface area contributed by atoms with Crippen LogP contribution < -0.4 is 0 Å². The van der Waals surface area contributed by atoms with Crippen LogP contribution in [0.25, 0.3) is 10.9 Å². The summed E-state index contributed by atoms with van der Waals surface area (Å²) < 4.78 is 6.56. The number of carboxylic acids is 3. The summed E-state index contributed by atoms with van der Waals surface area (Å²) >= 11 is 1.32. The van der Waals surface area contributed by atoms with Gasteiger partial charge < -0.3 is 35.0 Å². The molecule has 0 radical (unpaired) electrons. The number of thioether (sulfide) groups is 1. The summed E-state index contributed by atoms with van der Waals surface area (Å²) in [6, 6.07) is 15.2. The normalized spacial score (nSPS) is 19.1. The fourth-order valence-corrected chi connectivity index (χ4v) is 7.99. The number of aromatic amines is 1. The maximum atomic E-state index is 12.8. The number of nitrogens with one attached hydrogen (secondary N) is 1. The molecule has 2 aromatic carbocycles. The highest BCUT2D eigenvalue weighted by Gasteiger charge is 2.56. The summed E-state index contributed by atoms with van der Waals surface area (Å²) in [5, 5.41) is 43.4. The molecule has 3 atom stereocenters. The number of para-hydroxylation sites is 1. The van der Waals surface area contributed by atoms with Crippen LogP contribution in [0, 0.1) is 12.8 Å². The van der Waals surface area contributed by atoms with Crippen LogP contribution in [0.1, 0.15) is 55.0 Å². The number of rotatable bonds is 14. The van der Waals surface area contributed by atoms with Crippen LogP contribution in [0.2, 0.25) is 0 Å². The second kappa shape index (κ2) is 12.7. The third-order valence-corrected chi connectivity index (χ3v) is 9.76. The van der Waals surface area contributed by atoms with Crippen molar-refractivity contribution in [2.45, 2.75) is 62.1 Å². The average molecular weight is 613 g/mol. The second-order valence-electron chi connectivity index (χ2n) is 11.7. The molecule has 232 valence electrons. The number of carbonyl (C=O) groups is 3. The van der Waals surface area contributed by atoms with Crippen molar-refractivity contribution in [3.8, 4) is 0 Å². The fourth-order valence-electron chi connectivity index (χ4n) is 6.50. The van der Waals surface area contributed by atoms with Crippen LogP contribution in [0.4, 0.5) is 0 Å². The molecule has 0 bridgehead atoms. The lowest BCUT2D eigenvalue weighted by atomic mass is 9.74. The molecule has 0 spiro atoms. The van der Waals surface area contributed by atoms with E-state index in [4.69, 9.17) is 4.74 Å². The van der Waals surface area contributed by atoms with E-state index in [9.17, 15) is 34.8 Å². The number of fused-ring (bicyclic) bond motifs is 3. The Morgan fingerprint density at radius 1 is 1.05 bits per heavy atom. The summed E-state index contributed by atoms with van der Waals surface area (Å²) in [6.07, 6.45) is -1.06. The molecular weight excluding hydrogens is 572 g/mol. The van der Waals surface area contributed by atoms with Gasteiger partial charge in [0.2, 0.25) is 0 Å². The first-order valence-electron chi connectivity index (χ1n) is 14.3. The number of aromatic nitrogens is 1. The van der Waals surface area contributed by atoms with Crippen molar-refractivity contribution >= 4 is 40.6 Å². The van der Waals surface area contributed by atoms with Crippen LogP contribution in [0.5, 0.6) is 0 Å². The Balaban J connectivity index is 1.99. The van der Waals surface area contributed by atoms with Gasteiger partial charge in [-0.15, -0.1) is 11.8 Å². The fraction of sp³-hybridized carbons (Fsp3) is 0.469. The van der Waals surface area contributed by atoms with Gasteiger partial charge in [-0.05, 0) is 63.0 Å². The number of aliphatic hydroxyl groups is 1. The number of hydrogen-bond acceptors (Lipinski definition) is 7. The highest BCUT2D eigenvalue weighted by molar-refractivity contribution is 8.00. The Bertz CT molecular complexity index is 1490. The Morgan fingerprint density at radius 2 is 1.67 bits per heavy atom. The molecule has 4 rings (SSSR count). The minimum Gasteiger partial charge on any atom is -0.481 e. The SMILES string of the molecule is CCC(O)(c1ccccc1C)C(CN(C)C)CC1(OC(CC(=O)O)(CC(=O)O)C(=O)O)SCCc2c1[nH]c1ccccc21. The average Bonchev–Trinajstić information content (AvgIpc) is 3.32. The van der Waals surface area contributed by atoms with Crippen molar-refractivity contribution in [1.29, 1.82) is 0 Å². The van der Waals surface area contributed by atoms with Gasteiger partial charge in [0.05, 0.1) is 24.1 Å². The largest absolute Gasteiger partial charge is 0.481 e. The molecule has 3 unspecified atom stereocenters. The van der Waals surface area contributed by atoms with E-state index in [1.54, 1.807) is 0 Å². The van der Waals surface area contributed by atoms with E-state index in [0.29, 0.717) is 30.8 Å². The summed E-state index contributed by atoms with van der Waals surface area (Å²) in [5.74, 6) is -4.69. The van der Waals surface area contributed by atoms with Crippen LogP contribution in [-0.4, -0.2) is 80.2 Å². The number of carboxylic acid groups (broad SMARTS) is 3. The first-order valence-corrected chi connectivity index (χ1v) is 15.3. The van der Waals surface area contributed by atoms with Gasteiger partial charge >= 0.3 is 17.9 Å². The molecule has 43 heavy (non-hydrogen) atoms. The summed E-state index contributed by atoms with van der Waals surface area (Å²) in [6.45, 7) is 4.20. The Hall–Kier alpha value is -3.38. The smallest absolute Gasteiger partial charge is 0.337 e. The standard InChI is InChI=1S/C32H40N2O8S/c1-5-31(41,24-12-8-6-10-20(24)2)21(19-34(3)4)16-32(42-30(29(39)40,17-26(35)36)18-27(37)38)28-23(14-15-43-32)22-11-7-9-13-25(22)33-28/h6-13,21,33,41H,5,14-19H2,1-4H3,(H,35,36)(H,37,38)(H,39,40). The molecule has 10 nitrogen and oxygen atoms in total. The lowest BCUT2D eigenvalue weighted by molar-refractivity contribution is -0.196. The van der Waals surface area contributed by atoms with E-state index >= 15 is 0 Å². The molecule has 0 aliphatic carbocycles. The van der Waals surface area contributed by atoms with Crippen molar-refractivity contribution in [2.24, 2.45) is 5.92 Å². The highest BCUT2D eigenvalue weighted by Crippen LogP contribution is 2.54. The van der Waals surface area contributed by atoms with Gasteiger partial charge in [-0.2, -0.15) is 0 Å². The molecule has 1 aliphatic rings. The zero-order chi connectivity index (χ0) is 31.6. The first kappa shape index (κ1) is 32.5. The van der Waals surface area contributed by atoms with E-state index in [0.717, 1.165) is 27.6 Å². The van der Waals surface area contributed by atoms with Gasteiger partial charge in [-0.3, -0.25) is 9.59 Å². The van der Waals surface area contributed by atoms with E-state index in [1.807, 2.05) is 81.4 Å². The first-order chi connectivity index (χ1) is 20.3. The van der Waals surface area contributed by atoms with E-state index in [-0.39, 0.29) is 6.42 Å². The Labute approximate surface area is 255 Å². The zero-order valence-electron chi connectivity index (χ0n) is 24.9. The highest BCUT2D eigenvalue weighted by atomic mass is 32.2. The van der Waals surface area contributed by atoms with Crippen molar-refractivity contribution < 1.29 is 39.5 Å². The number of aryl methyl sites for hydroxylation is 2. The molecule has 2 heterocycles. The number of nitrogens with zero attached hydrogens (tertiary/aromatic N) is 1. The van der Waals surface area contributed by atoms with Gasteiger partial charge in [-0.1, -0.05) is 49.4 Å². The minimum atomic E-state index is -2.58. The summed E-state index contributed by atoms with van der Waals surface area (Å²) in [5.41, 5.74) is -0.0534. The predicted molar refractivity (Wildman–Crippen MR) is 164 cm³/mol. The van der Waals surface area contributed by atoms with Gasteiger partial charge in [0.15, 0.2) is 10.5 Å². The van der Waals surface area contributed by atoms with Gasteiger partial charge in [0, 0.05) is 29.1 Å². The second-order valence-corrected chi connectivity index (χ2v) is 13.0. The maximum absolute atomic E-state index is 12.8. The maximum Gasteiger partial charge on any atom is 0.337 e. The van der Waals surface area contributed by atoms with Crippen molar-refractivity contribution in [3.63, 3.8) is 0 Å². The van der Waals surface area contributed by atoms with E-state index < -0.39 is 52.8 Å². The minimum absolute atomic E-state index is 0.0720. The monoisotopic (exact) mass is 612 g/mol. The van der Waals surface area contributed by atoms with Crippen LogP contribution in [0.15, 0.2) is 48.5 Å². The lowest BCUT2D eigenvalue weighted by Gasteiger charge is -2.47. The molecule has 0 saturated heterocycles. The van der Waals surface area contributed by atoms with Crippen LogP contribution in [0.3, 0.4) is 0 Å². The molecule has 5 N–H and O–H groups in total. The van der Waals surface area contributed by atoms with Crippen molar-refractivity contribution in [2.75, 3.05) is 26.4 Å². The van der Waals surface area contributed by atoms with Crippen molar-refractivity contribution in [1.82, 2.24) is 9.88 Å². The zero-order valence-corrected chi connectivity index (χ0v) is 25.7. The molecule has 11 heteroatoms. The third-order valence-electron chi connectivity index (χ3n) is 8.43. The molecule has 0 fully saturated rings. The molecule has 3 aromatic rings. The number of benzene rings is 2. The van der Waals surface area contributed by atoms with Gasteiger partial charge in [-0.25, -0.2) is 4.79 Å². The number of ether oxygens (including phenoxy) is 1. The predicted octanol–water partition coefficient (Wildman–Crippen LogP) is 4.57. The lowest BCUT2D eigenvalue weighted by Crippen LogP contribution is -2.53. The van der Waals surface area contributed by atoms with Crippen molar-refractivity contribution in [3.05, 3.63) is 70.9 Å². The Morgan fingerprint density at radius 3 is 2.26 bits per heavy atom. The third kappa shape index (κ3) is 6.45. The molecular formula is C32H40N2O8S. The number of H-pyrrole nitrogens is 1. The van der Waals surface area contributed by atoms with Gasteiger partial charge in [0.1, 0.15) is 0 Å². The summed E-state index contributed by atoms with van der Waals surface area (Å²) in [4.78, 5) is 40.8. The van der Waals surface area contributed by atoms with E-state index in [1.165, 1.54) is 11.8 Å². The number of aliphatic carboxylic acids is 3. The topological polar surface area (TPSA) is 160 Å². The summed E-state index contributed by atoms with van der Waals surface area (Å²) in [7, 11) is 3.76. The number of hydrogen-bond donors (Lipinski definition) is 5. The van der Waals surface area contributed by atoms with Gasteiger partial charge in [0.25, 0.3) is 0 Å². The molecule has 1 aliphatic heterocycles. The quantitative estimate of drug-likeness (QED) is 0.174. The molecule has 1 aromatic heterocycles. The van der Waals surface area contributed by atoms with Crippen LogP contribution >= 0.6 is 11.8 Å².